The number of nitrogens with two attached hydrogens (primary N) is 1. The highest BCUT2D eigenvalue weighted by atomic mass is 19.4. The number of likely N-dealkylation sites (N-methyl/N-ethyl adjacent to an activating group) is 1. The van der Waals surface area contributed by atoms with Crippen molar-refractivity contribution in [1.29, 1.82) is 0 Å². The second-order valence-corrected chi connectivity index (χ2v) is 9.85. The number of anilines is 1. The van der Waals surface area contributed by atoms with E-state index in [0.29, 0.717) is 19.4 Å². The minimum Gasteiger partial charge on any atom is -0.487 e. The predicted molar refractivity (Wildman–Crippen MR) is 141 cm³/mol. The molecule has 1 aliphatic heterocycles. The molecule has 0 radical (unpaired) electrons. The number of carbonyl (C=O) groups is 2. The number of nitrogens with zero attached hydrogens (tertiary/aromatic N) is 2. The Kier molecular flexibility index (Phi) is 10.4. The van der Waals surface area contributed by atoms with E-state index in [1.165, 1.54) is 16.8 Å². The van der Waals surface area contributed by atoms with Gasteiger partial charge in [-0.3, -0.25) is 4.79 Å². The zero-order chi connectivity index (χ0) is 28.7. The van der Waals surface area contributed by atoms with Crippen LogP contribution in [-0.4, -0.2) is 53.6 Å². The van der Waals surface area contributed by atoms with E-state index in [2.05, 4.69) is 0 Å². The molecule has 1 fully saturated rings. The highest BCUT2D eigenvalue weighted by Crippen LogP contribution is 2.38. The van der Waals surface area contributed by atoms with E-state index in [-0.39, 0.29) is 24.6 Å². The molecule has 2 aromatic rings. The molecule has 2 amide bonds. The third-order valence-corrected chi connectivity index (χ3v) is 5.84. The van der Waals surface area contributed by atoms with Crippen molar-refractivity contribution in [2.75, 3.05) is 25.9 Å². The van der Waals surface area contributed by atoms with E-state index < -0.39 is 40.9 Å². The van der Waals surface area contributed by atoms with E-state index in [4.69, 9.17) is 15.2 Å². The Morgan fingerprint density at radius 1 is 1.11 bits per heavy atom. The van der Waals surface area contributed by atoms with Gasteiger partial charge in [-0.25, -0.2) is 4.79 Å². The maximum Gasteiger partial charge on any atom is 0.417 e. The fourth-order valence-corrected chi connectivity index (χ4v) is 3.99. The summed E-state index contributed by atoms with van der Waals surface area (Å²) < 4.78 is 52.9. The molecule has 210 valence electrons. The summed E-state index contributed by atoms with van der Waals surface area (Å²) in [5.74, 6) is -0.987. The minimum atomic E-state index is -4.81. The van der Waals surface area contributed by atoms with Gasteiger partial charge < -0.3 is 25.0 Å². The topological polar surface area (TPSA) is 85.1 Å². The molecule has 7 nitrogen and oxygen atoms in total. The summed E-state index contributed by atoms with van der Waals surface area (Å²) in [5, 5.41) is 0. The summed E-state index contributed by atoms with van der Waals surface area (Å²) in [5.41, 5.74) is 4.31. The first kappa shape index (κ1) is 30.8. The molecular formula is C28H38F3N3O4. The van der Waals surface area contributed by atoms with Gasteiger partial charge in [0.1, 0.15) is 18.0 Å². The first-order valence-electron chi connectivity index (χ1n) is 12.7. The zero-order valence-corrected chi connectivity index (χ0v) is 22.9. The van der Waals surface area contributed by atoms with Crippen LogP contribution >= 0.6 is 0 Å². The van der Waals surface area contributed by atoms with Crippen molar-refractivity contribution in [3.8, 4) is 5.75 Å². The van der Waals surface area contributed by atoms with Crippen LogP contribution in [0.15, 0.2) is 42.5 Å². The fourth-order valence-electron chi connectivity index (χ4n) is 3.99. The Balaban J connectivity index is 0.00000247. The number of amides is 2. The number of carbonyl (C=O) groups excluding carboxylic acids is 2. The zero-order valence-electron chi connectivity index (χ0n) is 22.9. The SMILES string of the molecule is CC.CN(C(=O)c1cc(N)c(OCc2ccccc2)cc1C(F)(F)F)[C@@H]1CCCN(C(=O)OC(C)(C)C)C1. The van der Waals surface area contributed by atoms with Crippen molar-refractivity contribution in [2.24, 2.45) is 0 Å². The van der Waals surface area contributed by atoms with Gasteiger partial charge in [0.15, 0.2) is 0 Å². The highest BCUT2D eigenvalue weighted by molar-refractivity contribution is 5.97. The van der Waals surface area contributed by atoms with Crippen molar-refractivity contribution >= 4 is 17.7 Å². The Hall–Kier alpha value is -3.43. The summed E-state index contributed by atoms with van der Waals surface area (Å²) in [4.78, 5) is 28.4. The van der Waals surface area contributed by atoms with E-state index in [1.807, 2.05) is 19.9 Å². The first-order chi connectivity index (χ1) is 17.8. The lowest BCUT2D eigenvalue weighted by atomic mass is 10.0. The van der Waals surface area contributed by atoms with Gasteiger partial charge in [-0.15, -0.1) is 0 Å². The van der Waals surface area contributed by atoms with Gasteiger partial charge >= 0.3 is 12.3 Å². The lowest BCUT2D eigenvalue weighted by Crippen LogP contribution is -2.51. The number of piperidine rings is 1. The molecule has 38 heavy (non-hydrogen) atoms. The molecule has 0 aliphatic carbocycles. The largest absolute Gasteiger partial charge is 0.487 e. The average Bonchev–Trinajstić information content (AvgIpc) is 2.87. The number of benzene rings is 2. The van der Waals surface area contributed by atoms with E-state index >= 15 is 0 Å². The van der Waals surface area contributed by atoms with Gasteiger partial charge in [0, 0.05) is 26.2 Å². The van der Waals surface area contributed by atoms with Gasteiger partial charge in [-0.1, -0.05) is 44.2 Å². The summed E-state index contributed by atoms with van der Waals surface area (Å²) in [6, 6.07) is 10.2. The quantitative estimate of drug-likeness (QED) is 0.449. The maximum atomic E-state index is 14.0. The number of alkyl halides is 3. The summed E-state index contributed by atoms with van der Waals surface area (Å²) >= 11 is 0. The molecule has 1 aliphatic rings. The van der Waals surface area contributed by atoms with E-state index in [9.17, 15) is 22.8 Å². The van der Waals surface area contributed by atoms with Crippen LogP contribution in [-0.2, 0) is 17.5 Å². The van der Waals surface area contributed by atoms with Crippen LogP contribution in [0.5, 0.6) is 5.75 Å². The Morgan fingerprint density at radius 2 is 1.74 bits per heavy atom. The monoisotopic (exact) mass is 537 g/mol. The lowest BCUT2D eigenvalue weighted by molar-refractivity contribution is -0.138. The molecule has 1 heterocycles. The second-order valence-electron chi connectivity index (χ2n) is 9.85. The normalized spacial score (nSPS) is 15.7. The average molecular weight is 538 g/mol. The third-order valence-electron chi connectivity index (χ3n) is 5.84. The Bertz CT molecular complexity index is 1090. The first-order valence-corrected chi connectivity index (χ1v) is 12.7. The molecule has 0 aromatic heterocycles. The summed E-state index contributed by atoms with van der Waals surface area (Å²) in [6.45, 7) is 9.88. The van der Waals surface area contributed by atoms with Crippen LogP contribution in [0.2, 0.25) is 0 Å². The molecule has 0 saturated carbocycles. The van der Waals surface area contributed by atoms with Crippen LogP contribution in [0, 0.1) is 0 Å². The van der Waals surface area contributed by atoms with Crippen LogP contribution in [0.1, 0.15) is 68.9 Å². The number of likely N-dealkylation sites (tertiary alicyclic amines) is 1. The number of ether oxygens (including phenoxy) is 2. The van der Waals surface area contributed by atoms with Crippen LogP contribution < -0.4 is 10.5 Å². The molecule has 2 aromatic carbocycles. The summed E-state index contributed by atoms with van der Waals surface area (Å²) in [7, 11) is 1.43. The lowest BCUT2D eigenvalue weighted by Gasteiger charge is -2.38. The Morgan fingerprint density at radius 3 is 2.32 bits per heavy atom. The van der Waals surface area contributed by atoms with Crippen molar-refractivity contribution in [3.05, 3.63) is 59.2 Å². The van der Waals surface area contributed by atoms with Crippen molar-refractivity contribution in [3.63, 3.8) is 0 Å². The van der Waals surface area contributed by atoms with E-state index in [0.717, 1.165) is 17.7 Å². The molecule has 10 heteroatoms. The third kappa shape index (κ3) is 8.29. The smallest absolute Gasteiger partial charge is 0.417 e. The van der Waals surface area contributed by atoms with Crippen molar-refractivity contribution in [2.45, 2.75) is 71.9 Å². The second kappa shape index (κ2) is 12.9. The van der Waals surface area contributed by atoms with Gasteiger partial charge in [0.25, 0.3) is 5.91 Å². The number of nitrogen functional groups attached to an aromatic ring is 1. The van der Waals surface area contributed by atoms with Crippen LogP contribution in [0.3, 0.4) is 0 Å². The van der Waals surface area contributed by atoms with Gasteiger partial charge in [0.05, 0.1) is 16.8 Å². The van der Waals surface area contributed by atoms with Crippen LogP contribution in [0.4, 0.5) is 23.7 Å². The van der Waals surface area contributed by atoms with Gasteiger partial charge in [-0.2, -0.15) is 13.2 Å². The molecule has 0 spiro atoms. The van der Waals surface area contributed by atoms with Gasteiger partial charge in [0.2, 0.25) is 0 Å². The molecular weight excluding hydrogens is 499 g/mol. The highest BCUT2D eigenvalue weighted by Gasteiger charge is 2.39. The minimum absolute atomic E-state index is 0.0259. The molecule has 2 N–H and O–H groups in total. The van der Waals surface area contributed by atoms with Crippen molar-refractivity contribution < 1.29 is 32.2 Å². The standard InChI is InChI=1S/C26H32F3N3O4.C2H6/c1-25(2,3)36-24(34)32-12-8-11-18(15-32)31(4)23(33)19-13-21(30)22(14-20(19)26(27,28)29)35-16-17-9-6-5-7-10-17;1-2/h5-7,9-10,13-14,18H,8,11-12,15-16,30H2,1-4H3;1-2H3/t18-;/m1./s1. The summed E-state index contributed by atoms with van der Waals surface area (Å²) in [6.07, 6.45) is -4.20. The molecule has 1 saturated heterocycles. The number of hydrogen-bond acceptors (Lipinski definition) is 5. The molecule has 1 atom stereocenters. The number of halogens is 3. The van der Waals surface area contributed by atoms with Crippen LogP contribution in [0.25, 0.3) is 0 Å². The van der Waals surface area contributed by atoms with Crippen molar-refractivity contribution in [1.82, 2.24) is 9.80 Å². The number of hydrogen-bond donors (Lipinski definition) is 1. The maximum absolute atomic E-state index is 14.0. The molecule has 0 bridgehead atoms. The van der Waals surface area contributed by atoms with Gasteiger partial charge in [-0.05, 0) is 51.3 Å². The molecule has 0 unspecified atom stereocenters. The fraction of sp³-hybridized carbons (Fsp3) is 0.500. The predicted octanol–water partition coefficient (Wildman–Crippen LogP) is 6.36. The Labute approximate surface area is 222 Å². The number of rotatable bonds is 5. The molecule has 3 rings (SSSR count). The van der Waals surface area contributed by atoms with E-state index in [1.54, 1.807) is 45.0 Å².